The van der Waals surface area contributed by atoms with Crippen LogP contribution in [0.1, 0.15) is 32.1 Å². The molecule has 0 bridgehead atoms. The third-order valence-electron chi connectivity index (χ3n) is 7.52. The van der Waals surface area contributed by atoms with Gasteiger partial charge in [0.2, 0.25) is 8.24 Å². The van der Waals surface area contributed by atoms with Gasteiger partial charge in [-0.3, -0.25) is 4.99 Å². The van der Waals surface area contributed by atoms with Crippen LogP contribution in [0.5, 0.6) is 0 Å². The van der Waals surface area contributed by atoms with Crippen LogP contribution in [0.15, 0.2) is 65.7 Å². The average Bonchev–Trinajstić information content (AvgIpc) is 3.33. The molecule has 3 aliphatic rings. The summed E-state index contributed by atoms with van der Waals surface area (Å²) < 4.78 is 9.53. The van der Waals surface area contributed by atoms with Gasteiger partial charge < -0.3 is 21.3 Å². The minimum atomic E-state index is -2.34. The predicted molar refractivity (Wildman–Crippen MR) is 162 cm³/mol. The van der Waals surface area contributed by atoms with Crippen molar-refractivity contribution in [3.8, 4) is 0 Å². The van der Waals surface area contributed by atoms with Gasteiger partial charge in [-0.05, 0) is 67.7 Å². The minimum absolute atomic E-state index is 0. The maximum absolute atomic E-state index is 6.69. The molecule has 2 aromatic rings. The summed E-state index contributed by atoms with van der Waals surface area (Å²) in [6, 6.07) is 23.0. The molecule has 1 saturated carbocycles. The molecule has 2 heterocycles. The Morgan fingerprint density at radius 3 is 2.00 bits per heavy atom. The van der Waals surface area contributed by atoms with Crippen LogP contribution in [0.4, 0.5) is 0 Å². The van der Waals surface area contributed by atoms with Gasteiger partial charge in [0.1, 0.15) is 0 Å². The first-order chi connectivity index (χ1) is 17.4. The van der Waals surface area contributed by atoms with Crippen LogP contribution in [-0.2, 0) is 17.8 Å². The van der Waals surface area contributed by atoms with Crippen LogP contribution in [0, 0.1) is 7.43 Å². The second-order valence-corrected chi connectivity index (χ2v) is 21.6. The van der Waals surface area contributed by atoms with E-state index in [9.17, 15) is 0 Å². The molecule has 2 atom stereocenters. The topological polar surface area (TPSA) is 28.1 Å². The quantitative estimate of drug-likeness (QED) is 0.290. The molecule has 204 valence electrons. The van der Waals surface area contributed by atoms with E-state index in [2.05, 4.69) is 89.8 Å². The Labute approximate surface area is 241 Å². The van der Waals surface area contributed by atoms with E-state index in [1.165, 1.54) is 48.4 Å². The molecule has 0 N–H and O–H groups in total. The van der Waals surface area contributed by atoms with Crippen molar-refractivity contribution >= 4 is 53.0 Å². The fourth-order valence-corrected chi connectivity index (χ4v) is 13.6. The molecule has 9 heteroatoms. The van der Waals surface area contributed by atoms with Gasteiger partial charge in [-0.1, -0.05) is 60.7 Å². The van der Waals surface area contributed by atoms with Crippen molar-refractivity contribution in [1.82, 2.24) is 9.47 Å². The number of guanidine groups is 1. The summed E-state index contributed by atoms with van der Waals surface area (Å²) in [5.41, 5.74) is 0.619. The number of halogens is 2. The molecule has 1 saturated heterocycles. The van der Waals surface area contributed by atoms with E-state index in [0.717, 1.165) is 26.2 Å². The van der Waals surface area contributed by atoms with Gasteiger partial charge in [0.05, 0.1) is 0 Å². The molecule has 4 nitrogen and oxygen atoms in total. The monoisotopic (exact) mass is 614 g/mol. The molecule has 2 aromatic carbocycles. The van der Waals surface area contributed by atoms with Crippen molar-refractivity contribution in [3.05, 3.63) is 68.1 Å². The zero-order valence-corrected chi connectivity index (χ0v) is 27.5. The average molecular weight is 616 g/mol. The Morgan fingerprint density at radius 1 is 0.865 bits per heavy atom. The van der Waals surface area contributed by atoms with E-state index in [1.807, 2.05) is 0 Å². The summed E-state index contributed by atoms with van der Waals surface area (Å²) in [7, 11) is 5.74. The van der Waals surface area contributed by atoms with E-state index in [4.69, 9.17) is 29.5 Å². The third-order valence-corrected chi connectivity index (χ3v) is 14.0. The number of benzene rings is 2. The second-order valence-electron chi connectivity index (χ2n) is 10.9. The number of rotatable bonds is 6. The van der Waals surface area contributed by atoms with Crippen LogP contribution in [0.25, 0.3) is 0 Å². The standard InChI is InChI=1S/C27H39N3OSi2.CH3.2ClH.Cr/c1-32(2,3)31-23-16-17-26(22-23)33(24-12-6-4-7-13-24,25-14-8-5-9-15-25)30-21-11-20-29-19-10-18-28-27(29)30;;;;/h4-9,12-15,23,26H,10-11,16-22H2,1-3H3;1H3;2*1H;/q;-1;;;+2/p-2. The van der Waals surface area contributed by atoms with E-state index < -0.39 is 16.6 Å². The molecular formula is C28H42Cl2CrN3OSi2-. The van der Waals surface area contributed by atoms with Crippen molar-refractivity contribution in [1.29, 1.82) is 0 Å². The van der Waals surface area contributed by atoms with Gasteiger partial charge in [-0.2, -0.15) is 0 Å². The van der Waals surface area contributed by atoms with E-state index in [0.29, 0.717) is 11.6 Å². The fraction of sp³-hybridized carbons (Fsp3) is 0.500. The van der Waals surface area contributed by atoms with Gasteiger partial charge in [-0.25, -0.2) is 0 Å². The Balaban J connectivity index is 0.000000908. The second kappa shape index (κ2) is 14.0. The van der Waals surface area contributed by atoms with Crippen molar-refractivity contribution < 1.29 is 17.8 Å². The maximum atomic E-state index is 6.69. The summed E-state index contributed by atoms with van der Waals surface area (Å²) in [5.74, 6) is 1.28. The van der Waals surface area contributed by atoms with Crippen LogP contribution in [0.3, 0.4) is 0 Å². The molecule has 0 amide bonds. The Hall–Kier alpha value is -0.784. The van der Waals surface area contributed by atoms with Gasteiger partial charge in [0.25, 0.3) is 0 Å². The van der Waals surface area contributed by atoms with Crippen molar-refractivity contribution in [3.63, 3.8) is 0 Å². The van der Waals surface area contributed by atoms with E-state index in [-0.39, 0.29) is 20.8 Å². The van der Waals surface area contributed by atoms with Gasteiger partial charge in [0.15, 0.2) is 14.3 Å². The normalized spacial score (nSPS) is 21.8. The summed E-state index contributed by atoms with van der Waals surface area (Å²) >= 11 is -0.181. The van der Waals surface area contributed by atoms with E-state index in [1.54, 1.807) is 0 Å². The fourth-order valence-electron chi connectivity index (χ4n) is 6.44. The molecule has 5 rings (SSSR count). The first-order valence-electron chi connectivity index (χ1n) is 13.2. The zero-order valence-electron chi connectivity index (χ0n) is 22.7. The van der Waals surface area contributed by atoms with Crippen LogP contribution < -0.4 is 10.4 Å². The number of nitrogens with zero attached hydrogens (tertiary/aromatic N) is 3. The summed E-state index contributed by atoms with van der Waals surface area (Å²) in [6.07, 6.45) is 6.40. The van der Waals surface area contributed by atoms with Crippen LogP contribution in [-0.4, -0.2) is 64.3 Å². The summed E-state index contributed by atoms with van der Waals surface area (Å²) in [6.45, 7) is 11.4. The molecule has 37 heavy (non-hydrogen) atoms. The molecule has 2 fully saturated rings. The summed E-state index contributed by atoms with van der Waals surface area (Å²) in [5, 5.41) is 3.06. The van der Waals surface area contributed by atoms with Crippen LogP contribution in [0.2, 0.25) is 25.2 Å². The molecular weight excluding hydrogens is 573 g/mol. The first-order valence-corrected chi connectivity index (χ1v) is 22.1. The van der Waals surface area contributed by atoms with Gasteiger partial charge >= 0.3 is 33.5 Å². The van der Waals surface area contributed by atoms with Crippen molar-refractivity contribution in [2.75, 3.05) is 26.2 Å². The number of hydrogen-bond acceptors (Lipinski definition) is 4. The van der Waals surface area contributed by atoms with Gasteiger partial charge in [-0.15, -0.1) is 0 Å². The Bertz CT molecular complexity index is 954. The number of aliphatic imine (C=N–C) groups is 1. The first kappa shape index (κ1) is 30.8. The number of hydrogen-bond donors (Lipinski definition) is 0. The third kappa shape index (κ3) is 7.05. The summed E-state index contributed by atoms with van der Waals surface area (Å²) in [4.78, 5) is 7.75. The van der Waals surface area contributed by atoms with Crippen molar-refractivity contribution in [2.24, 2.45) is 4.99 Å². The van der Waals surface area contributed by atoms with Crippen molar-refractivity contribution in [2.45, 2.75) is 63.4 Å². The molecule has 0 radical (unpaired) electrons. The molecule has 0 aromatic heterocycles. The molecule has 2 unspecified atom stereocenters. The molecule has 2 aliphatic heterocycles. The van der Waals surface area contributed by atoms with Crippen LogP contribution >= 0.6 is 20.1 Å². The van der Waals surface area contributed by atoms with E-state index >= 15 is 0 Å². The van der Waals surface area contributed by atoms with Gasteiger partial charge in [0, 0.05) is 32.3 Å². The molecule has 0 spiro atoms. The number of fused-ring (bicyclic) bond motifs is 1. The SMILES string of the molecule is C[Si](C)(C)OC1CCC([Si](c2ccccc2)(c2ccccc2)N2CCCN3CCCN=C32)C1.[CH3-].[Cl][Cr][Cl]. The Morgan fingerprint density at radius 2 is 1.43 bits per heavy atom. The molecule has 1 aliphatic carbocycles. The Kier molecular flexibility index (Phi) is 11.7. The predicted octanol–water partition coefficient (Wildman–Crippen LogP) is 6.11. The zero-order chi connectivity index (χ0) is 25.6.